The average molecular weight is 464 g/mol. The van der Waals surface area contributed by atoms with Crippen LogP contribution in [-0.4, -0.2) is 43.4 Å². The number of nitrogens with zero attached hydrogens (tertiary/aromatic N) is 5. The topological polar surface area (TPSA) is 63.9 Å². The second-order valence-electron chi connectivity index (χ2n) is 7.38. The van der Waals surface area contributed by atoms with Gasteiger partial charge in [-0.05, 0) is 48.9 Å². The average Bonchev–Trinajstić information content (AvgIpc) is 3.22. The van der Waals surface area contributed by atoms with Gasteiger partial charge >= 0.3 is 0 Å². The molecule has 2 heterocycles. The fourth-order valence-corrected chi connectivity index (χ4v) is 4.32. The molecule has 32 heavy (non-hydrogen) atoms. The third-order valence-corrected chi connectivity index (χ3v) is 6.07. The van der Waals surface area contributed by atoms with Crippen LogP contribution < -0.4 is 0 Å². The number of thioether (sulfide) groups is 1. The number of hydrogen-bond acceptors (Lipinski definition) is 5. The van der Waals surface area contributed by atoms with Gasteiger partial charge in [-0.2, -0.15) is 0 Å². The van der Waals surface area contributed by atoms with Gasteiger partial charge in [-0.25, -0.2) is 0 Å². The Labute approximate surface area is 196 Å². The highest BCUT2D eigenvalue weighted by Crippen LogP contribution is 2.28. The van der Waals surface area contributed by atoms with Crippen molar-refractivity contribution in [1.82, 2.24) is 24.6 Å². The van der Waals surface area contributed by atoms with Crippen molar-refractivity contribution in [3.63, 3.8) is 0 Å². The van der Waals surface area contributed by atoms with Crippen molar-refractivity contribution in [2.45, 2.75) is 18.6 Å². The van der Waals surface area contributed by atoms with Gasteiger partial charge in [0, 0.05) is 42.3 Å². The minimum Gasteiger partial charge on any atom is -0.341 e. The third-order valence-electron chi connectivity index (χ3n) is 4.92. The lowest BCUT2D eigenvalue weighted by Gasteiger charge is -2.17. The van der Waals surface area contributed by atoms with Crippen LogP contribution in [0.15, 0.2) is 78.2 Å². The molecule has 0 aliphatic carbocycles. The number of halogens is 1. The Hall–Kier alpha value is -3.16. The number of pyridine rings is 1. The first kappa shape index (κ1) is 22.0. The van der Waals surface area contributed by atoms with Crippen molar-refractivity contribution in [2.24, 2.45) is 0 Å². The van der Waals surface area contributed by atoms with Crippen molar-refractivity contribution in [2.75, 3.05) is 12.8 Å². The molecule has 0 saturated heterocycles. The van der Waals surface area contributed by atoms with Crippen LogP contribution in [0.1, 0.15) is 11.1 Å². The molecule has 1 amide bonds. The summed E-state index contributed by atoms with van der Waals surface area (Å²) in [5.74, 6) is 0.953. The normalized spacial score (nSPS) is 10.8. The van der Waals surface area contributed by atoms with Gasteiger partial charge in [0.25, 0.3) is 0 Å². The Kier molecular flexibility index (Phi) is 6.87. The number of hydrogen-bond donors (Lipinski definition) is 0. The summed E-state index contributed by atoms with van der Waals surface area (Å²) in [5, 5.41) is 10.1. The van der Waals surface area contributed by atoms with E-state index in [0.717, 1.165) is 16.8 Å². The van der Waals surface area contributed by atoms with Crippen LogP contribution in [0.3, 0.4) is 0 Å². The van der Waals surface area contributed by atoms with E-state index in [9.17, 15) is 4.79 Å². The molecule has 0 bridgehead atoms. The third kappa shape index (κ3) is 5.18. The SMILES string of the molecule is Cc1ccc(-n2c(SCC(=O)N(C)Cc3cccc(Cl)c3)nnc2-c2ccncc2)cc1. The lowest BCUT2D eigenvalue weighted by atomic mass is 10.2. The molecule has 8 heteroatoms. The van der Waals surface area contributed by atoms with Crippen LogP contribution in [0.4, 0.5) is 0 Å². The number of carbonyl (C=O) groups is 1. The maximum atomic E-state index is 12.8. The number of rotatable bonds is 7. The van der Waals surface area contributed by atoms with Gasteiger partial charge < -0.3 is 4.90 Å². The first-order valence-electron chi connectivity index (χ1n) is 10.1. The lowest BCUT2D eigenvalue weighted by molar-refractivity contribution is -0.127. The van der Waals surface area contributed by atoms with Crippen molar-refractivity contribution in [1.29, 1.82) is 0 Å². The highest BCUT2D eigenvalue weighted by Gasteiger charge is 2.18. The van der Waals surface area contributed by atoms with Gasteiger partial charge in [0.05, 0.1) is 5.75 Å². The Morgan fingerprint density at radius 3 is 2.53 bits per heavy atom. The molecule has 4 rings (SSSR count). The Morgan fingerprint density at radius 2 is 1.81 bits per heavy atom. The van der Waals surface area contributed by atoms with Crippen LogP contribution in [0, 0.1) is 6.92 Å². The Balaban J connectivity index is 1.55. The summed E-state index contributed by atoms with van der Waals surface area (Å²) in [6.07, 6.45) is 3.45. The first-order chi connectivity index (χ1) is 15.5. The molecule has 0 aliphatic rings. The van der Waals surface area contributed by atoms with Crippen molar-refractivity contribution in [3.8, 4) is 17.1 Å². The van der Waals surface area contributed by atoms with Gasteiger partial charge in [0.2, 0.25) is 5.91 Å². The van der Waals surface area contributed by atoms with Crippen molar-refractivity contribution in [3.05, 3.63) is 89.2 Å². The molecule has 0 radical (unpaired) electrons. The summed E-state index contributed by atoms with van der Waals surface area (Å²) >= 11 is 7.43. The van der Waals surface area contributed by atoms with Crippen LogP contribution in [0.2, 0.25) is 5.02 Å². The standard InChI is InChI=1S/C24H22ClN5OS/c1-17-6-8-21(9-7-17)30-23(19-10-12-26-13-11-19)27-28-24(30)32-16-22(31)29(2)15-18-4-3-5-20(25)14-18/h3-14H,15-16H2,1-2H3. The molecule has 0 fully saturated rings. The van der Waals surface area contributed by atoms with E-state index >= 15 is 0 Å². The highest BCUT2D eigenvalue weighted by atomic mass is 35.5. The molecule has 0 unspecified atom stereocenters. The molecule has 0 spiro atoms. The molecule has 0 aliphatic heterocycles. The number of aromatic nitrogens is 4. The van der Waals surface area contributed by atoms with E-state index in [1.165, 1.54) is 17.3 Å². The van der Waals surface area contributed by atoms with Crippen molar-refractivity contribution < 1.29 is 4.79 Å². The quantitative estimate of drug-likeness (QED) is 0.359. The van der Waals surface area contributed by atoms with Gasteiger partial charge in [0.15, 0.2) is 11.0 Å². The lowest BCUT2D eigenvalue weighted by Crippen LogP contribution is -2.27. The summed E-state index contributed by atoms with van der Waals surface area (Å²) in [7, 11) is 1.79. The predicted octanol–water partition coefficient (Wildman–Crippen LogP) is 5.04. The van der Waals surface area contributed by atoms with E-state index in [4.69, 9.17) is 11.6 Å². The predicted molar refractivity (Wildman–Crippen MR) is 128 cm³/mol. The maximum absolute atomic E-state index is 12.8. The number of aryl methyl sites for hydroxylation is 1. The summed E-state index contributed by atoms with van der Waals surface area (Å²) < 4.78 is 1.98. The molecule has 2 aromatic carbocycles. The minimum absolute atomic E-state index is 0.00103. The van der Waals surface area contributed by atoms with Crippen LogP contribution >= 0.6 is 23.4 Å². The smallest absolute Gasteiger partial charge is 0.233 e. The minimum atomic E-state index is -0.00103. The van der Waals surface area contributed by atoms with E-state index in [-0.39, 0.29) is 11.7 Å². The molecule has 0 atom stereocenters. The highest BCUT2D eigenvalue weighted by molar-refractivity contribution is 7.99. The Morgan fingerprint density at radius 1 is 1.06 bits per heavy atom. The molecular formula is C24H22ClN5OS. The largest absolute Gasteiger partial charge is 0.341 e. The zero-order valence-electron chi connectivity index (χ0n) is 17.8. The summed E-state index contributed by atoms with van der Waals surface area (Å²) in [5.41, 5.74) is 4.00. The fraction of sp³-hybridized carbons (Fsp3) is 0.167. The zero-order valence-corrected chi connectivity index (χ0v) is 19.3. The zero-order chi connectivity index (χ0) is 22.5. The van der Waals surface area contributed by atoms with Crippen LogP contribution in [-0.2, 0) is 11.3 Å². The van der Waals surface area contributed by atoms with Gasteiger partial charge in [-0.1, -0.05) is 53.2 Å². The van der Waals surface area contributed by atoms with Gasteiger partial charge in [-0.15, -0.1) is 10.2 Å². The van der Waals surface area contributed by atoms with Gasteiger partial charge in [-0.3, -0.25) is 14.3 Å². The molecule has 6 nitrogen and oxygen atoms in total. The molecule has 4 aromatic rings. The van der Waals surface area contributed by atoms with Crippen molar-refractivity contribution >= 4 is 29.3 Å². The van der Waals surface area contributed by atoms with Crippen LogP contribution in [0.25, 0.3) is 17.1 Å². The van der Waals surface area contributed by atoms with E-state index in [0.29, 0.717) is 22.5 Å². The first-order valence-corrected chi connectivity index (χ1v) is 11.4. The van der Waals surface area contributed by atoms with E-state index in [1.807, 2.05) is 72.2 Å². The maximum Gasteiger partial charge on any atom is 0.233 e. The second-order valence-corrected chi connectivity index (χ2v) is 8.76. The number of carbonyl (C=O) groups excluding carboxylic acids is 1. The summed E-state index contributed by atoms with van der Waals surface area (Å²) in [4.78, 5) is 18.6. The molecule has 0 saturated carbocycles. The summed E-state index contributed by atoms with van der Waals surface area (Å²) in [6.45, 7) is 2.54. The second kappa shape index (κ2) is 9.97. The summed E-state index contributed by atoms with van der Waals surface area (Å²) in [6, 6.07) is 19.5. The number of amides is 1. The molecule has 162 valence electrons. The molecule has 0 N–H and O–H groups in total. The Bertz CT molecular complexity index is 1210. The molecular weight excluding hydrogens is 442 g/mol. The van der Waals surface area contributed by atoms with E-state index in [1.54, 1.807) is 24.3 Å². The number of benzene rings is 2. The molecule has 2 aromatic heterocycles. The fourth-order valence-electron chi connectivity index (χ4n) is 3.21. The monoisotopic (exact) mass is 463 g/mol. The van der Waals surface area contributed by atoms with Crippen LogP contribution in [0.5, 0.6) is 0 Å². The van der Waals surface area contributed by atoms with E-state index < -0.39 is 0 Å². The van der Waals surface area contributed by atoms with Gasteiger partial charge in [0.1, 0.15) is 0 Å². The van der Waals surface area contributed by atoms with E-state index in [2.05, 4.69) is 15.2 Å².